The number of carboxylic acids is 3. The molecule has 0 heterocycles. The topological polar surface area (TPSA) is 128 Å². The van der Waals surface area contributed by atoms with Crippen LogP contribution in [0.1, 0.15) is 15.9 Å². The van der Waals surface area contributed by atoms with Crippen LogP contribution in [0.15, 0.2) is 29.4 Å². The smallest absolute Gasteiger partial charge is 0.336 e. The van der Waals surface area contributed by atoms with Crippen molar-refractivity contribution < 1.29 is 29.7 Å². The Kier molecular flexibility index (Phi) is 5.21. The molecule has 0 saturated heterocycles. The number of hydrazone groups is 1. The first-order chi connectivity index (χ1) is 9.40. The lowest BCUT2D eigenvalue weighted by Crippen LogP contribution is -2.30. The summed E-state index contributed by atoms with van der Waals surface area (Å²) in [6.45, 7) is -1.20. The first-order valence-corrected chi connectivity index (χ1v) is 5.45. The molecular formula is C12H12N2O6. The van der Waals surface area contributed by atoms with Crippen molar-refractivity contribution in [2.45, 2.75) is 0 Å². The molecule has 1 aromatic rings. The van der Waals surface area contributed by atoms with Gasteiger partial charge in [-0.25, -0.2) is 4.79 Å². The van der Waals surface area contributed by atoms with Crippen molar-refractivity contribution in [1.29, 1.82) is 0 Å². The van der Waals surface area contributed by atoms with Gasteiger partial charge in [-0.15, -0.1) is 0 Å². The molecule has 0 aliphatic heterocycles. The molecule has 0 fully saturated rings. The molecule has 106 valence electrons. The number of benzene rings is 1. The number of carboxylic acid groups (broad SMARTS) is 3. The molecule has 0 atom stereocenters. The van der Waals surface area contributed by atoms with Gasteiger partial charge in [-0.3, -0.25) is 14.6 Å². The summed E-state index contributed by atoms with van der Waals surface area (Å²) < 4.78 is 0. The van der Waals surface area contributed by atoms with E-state index in [4.69, 9.17) is 15.3 Å². The highest BCUT2D eigenvalue weighted by atomic mass is 16.4. The maximum absolute atomic E-state index is 11.0. The van der Waals surface area contributed by atoms with Gasteiger partial charge in [0.25, 0.3) is 0 Å². The van der Waals surface area contributed by atoms with Crippen molar-refractivity contribution in [3.05, 3.63) is 35.4 Å². The van der Waals surface area contributed by atoms with Crippen molar-refractivity contribution in [1.82, 2.24) is 5.01 Å². The van der Waals surface area contributed by atoms with Crippen molar-refractivity contribution in [3.63, 3.8) is 0 Å². The molecule has 1 rings (SSSR count). The first-order valence-electron chi connectivity index (χ1n) is 5.45. The summed E-state index contributed by atoms with van der Waals surface area (Å²) in [7, 11) is 0. The molecule has 0 amide bonds. The fraction of sp³-hybridized carbons (Fsp3) is 0.167. The van der Waals surface area contributed by atoms with Crippen molar-refractivity contribution in [2.24, 2.45) is 5.10 Å². The Balaban J connectivity index is 2.94. The average Bonchev–Trinajstić information content (AvgIpc) is 2.34. The Morgan fingerprint density at radius 3 is 2.10 bits per heavy atom. The molecule has 3 N–H and O–H groups in total. The second-order valence-electron chi connectivity index (χ2n) is 3.75. The molecule has 0 aromatic heterocycles. The van der Waals surface area contributed by atoms with Gasteiger partial charge in [0.1, 0.15) is 13.1 Å². The van der Waals surface area contributed by atoms with E-state index in [0.29, 0.717) is 0 Å². The van der Waals surface area contributed by atoms with E-state index in [1.54, 1.807) is 6.07 Å². The van der Waals surface area contributed by atoms with Crippen LogP contribution in [0.2, 0.25) is 0 Å². The summed E-state index contributed by atoms with van der Waals surface area (Å²) >= 11 is 0. The summed E-state index contributed by atoms with van der Waals surface area (Å²) in [6.07, 6.45) is 1.12. The van der Waals surface area contributed by atoms with Gasteiger partial charge in [-0.05, 0) is 6.07 Å². The minimum atomic E-state index is -1.24. The molecule has 0 aliphatic carbocycles. The molecule has 0 aliphatic rings. The molecule has 0 saturated carbocycles. The fourth-order valence-corrected chi connectivity index (χ4v) is 1.40. The SMILES string of the molecule is O=C(O)CN(CC(=O)O)/N=C\c1ccccc1C(=O)O. The molecule has 20 heavy (non-hydrogen) atoms. The minimum Gasteiger partial charge on any atom is -0.480 e. The normalized spacial score (nSPS) is 10.4. The van der Waals surface area contributed by atoms with Gasteiger partial charge in [-0.1, -0.05) is 18.2 Å². The van der Waals surface area contributed by atoms with Gasteiger partial charge in [0.2, 0.25) is 0 Å². The van der Waals surface area contributed by atoms with Crippen LogP contribution < -0.4 is 0 Å². The lowest BCUT2D eigenvalue weighted by atomic mass is 10.1. The van der Waals surface area contributed by atoms with Crippen LogP contribution in [-0.2, 0) is 9.59 Å². The Labute approximate surface area is 113 Å². The summed E-state index contributed by atoms with van der Waals surface area (Å²) in [4.78, 5) is 32.1. The molecular weight excluding hydrogens is 268 g/mol. The van der Waals surface area contributed by atoms with Gasteiger partial charge in [0, 0.05) is 5.56 Å². The van der Waals surface area contributed by atoms with Crippen LogP contribution in [0.3, 0.4) is 0 Å². The Morgan fingerprint density at radius 2 is 1.60 bits per heavy atom. The van der Waals surface area contributed by atoms with E-state index in [1.165, 1.54) is 18.2 Å². The average molecular weight is 280 g/mol. The van der Waals surface area contributed by atoms with E-state index in [-0.39, 0.29) is 11.1 Å². The zero-order valence-electron chi connectivity index (χ0n) is 10.3. The van der Waals surface area contributed by atoms with Crippen LogP contribution >= 0.6 is 0 Å². The van der Waals surface area contributed by atoms with E-state index in [2.05, 4.69) is 5.10 Å². The number of nitrogens with zero attached hydrogens (tertiary/aromatic N) is 2. The fourth-order valence-electron chi connectivity index (χ4n) is 1.40. The Bertz CT molecular complexity index is 539. The number of hydrogen-bond acceptors (Lipinski definition) is 5. The van der Waals surface area contributed by atoms with Gasteiger partial charge >= 0.3 is 17.9 Å². The molecule has 0 radical (unpaired) electrons. The van der Waals surface area contributed by atoms with Gasteiger partial charge in [-0.2, -0.15) is 5.10 Å². The first kappa shape index (κ1) is 15.2. The highest BCUT2D eigenvalue weighted by Crippen LogP contribution is 2.06. The molecule has 0 spiro atoms. The van der Waals surface area contributed by atoms with Crippen LogP contribution in [0.5, 0.6) is 0 Å². The predicted octanol–water partition coefficient (Wildman–Crippen LogP) is 0.190. The van der Waals surface area contributed by atoms with Crippen LogP contribution in [0.25, 0.3) is 0 Å². The van der Waals surface area contributed by atoms with E-state index in [1.807, 2.05) is 0 Å². The van der Waals surface area contributed by atoms with Crippen molar-refractivity contribution in [2.75, 3.05) is 13.1 Å². The van der Waals surface area contributed by atoms with Crippen LogP contribution in [0.4, 0.5) is 0 Å². The van der Waals surface area contributed by atoms with Crippen LogP contribution in [0, 0.1) is 0 Å². The molecule has 8 nitrogen and oxygen atoms in total. The second kappa shape index (κ2) is 6.88. The third kappa shape index (κ3) is 4.77. The van der Waals surface area contributed by atoms with E-state index >= 15 is 0 Å². The molecule has 1 aromatic carbocycles. The van der Waals surface area contributed by atoms with Gasteiger partial charge in [0.15, 0.2) is 0 Å². The standard InChI is InChI=1S/C12H12N2O6/c15-10(16)6-14(7-11(17)18)13-5-8-3-1-2-4-9(8)12(19)20/h1-5H,6-7H2,(H,15,16)(H,17,18)(H,19,20)/b13-5-. The van der Waals surface area contributed by atoms with Crippen LogP contribution in [-0.4, -0.2) is 57.5 Å². The van der Waals surface area contributed by atoms with E-state index < -0.39 is 31.0 Å². The zero-order valence-corrected chi connectivity index (χ0v) is 10.3. The second-order valence-corrected chi connectivity index (χ2v) is 3.75. The van der Waals surface area contributed by atoms with E-state index in [9.17, 15) is 14.4 Å². The largest absolute Gasteiger partial charge is 0.480 e. The molecule has 0 bridgehead atoms. The van der Waals surface area contributed by atoms with Gasteiger partial charge in [0.05, 0.1) is 11.8 Å². The monoisotopic (exact) mass is 280 g/mol. The lowest BCUT2D eigenvalue weighted by molar-refractivity contribution is -0.141. The summed E-state index contributed by atoms with van der Waals surface area (Å²) in [5.74, 6) is -3.64. The third-order valence-corrected chi connectivity index (χ3v) is 2.19. The third-order valence-electron chi connectivity index (χ3n) is 2.19. The number of carbonyl (C=O) groups is 3. The van der Waals surface area contributed by atoms with Gasteiger partial charge < -0.3 is 15.3 Å². The minimum absolute atomic E-state index is 0.0122. The lowest BCUT2D eigenvalue weighted by Gasteiger charge is -2.13. The number of aliphatic carboxylic acids is 2. The highest BCUT2D eigenvalue weighted by molar-refractivity contribution is 5.98. The Morgan fingerprint density at radius 1 is 1.05 bits per heavy atom. The van der Waals surface area contributed by atoms with E-state index in [0.717, 1.165) is 11.2 Å². The maximum Gasteiger partial charge on any atom is 0.336 e. The molecule has 0 unspecified atom stereocenters. The quantitative estimate of drug-likeness (QED) is 0.480. The zero-order chi connectivity index (χ0) is 15.1. The summed E-state index contributed by atoms with van der Waals surface area (Å²) in [6, 6.07) is 5.97. The van der Waals surface area contributed by atoms with Crippen molar-refractivity contribution >= 4 is 24.1 Å². The number of aromatic carboxylic acids is 1. The predicted molar refractivity (Wildman–Crippen MR) is 67.8 cm³/mol. The Hall–Kier alpha value is -2.90. The summed E-state index contributed by atoms with van der Waals surface area (Å²) in [5, 5.41) is 30.7. The molecule has 8 heteroatoms. The number of hydrogen-bond donors (Lipinski definition) is 3. The number of rotatable bonds is 7. The highest BCUT2D eigenvalue weighted by Gasteiger charge is 2.11. The van der Waals surface area contributed by atoms with Crippen molar-refractivity contribution in [3.8, 4) is 0 Å². The maximum atomic E-state index is 11.0. The summed E-state index contributed by atoms with van der Waals surface area (Å²) in [5.41, 5.74) is 0.239.